The van der Waals surface area contributed by atoms with Gasteiger partial charge in [-0.05, 0) is 31.5 Å². The number of alkyl halides is 1. The first-order valence-electron chi connectivity index (χ1n) is 6.88. The van der Waals surface area contributed by atoms with Crippen LogP contribution in [0.25, 0.3) is 0 Å². The summed E-state index contributed by atoms with van der Waals surface area (Å²) in [5.41, 5.74) is 6.62. The van der Waals surface area contributed by atoms with Gasteiger partial charge in [-0.25, -0.2) is 0 Å². The molecular weight excluding hydrogens is 294 g/mol. The minimum atomic E-state index is -0.664. The zero-order chi connectivity index (χ0) is 15.2. The molecule has 0 radical (unpaired) electrons. The third kappa shape index (κ3) is 2.66. The molecule has 1 amide bonds. The lowest BCUT2D eigenvalue weighted by Gasteiger charge is -2.23. The molecule has 1 aromatic carbocycles. The summed E-state index contributed by atoms with van der Waals surface area (Å²) >= 11 is 5.97. The average molecular weight is 312 g/mol. The number of hydrogen-bond acceptors (Lipinski definition) is 4. The van der Waals surface area contributed by atoms with Crippen LogP contribution < -0.4 is 5.73 Å². The van der Waals surface area contributed by atoms with E-state index in [-0.39, 0.29) is 24.4 Å². The highest BCUT2D eigenvalue weighted by Crippen LogP contribution is 2.45. The number of carbonyl (C=O) groups excluding carboxylic acids is 1. The molecule has 0 spiro atoms. The van der Waals surface area contributed by atoms with E-state index in [1.807, 2.05) is 19.9 Å². The largest absolute Gasteiger partial charge is 0.366 e. The van der Waals surface area contributed by atoms with Crippen molar-refractivity contribution in [1.29, 1.82) is 0 Å². The van der Waals surface area contributed by atoms with Crippen molar-refractivity contribution in [2.24, 2.45) is 5.73 Å². The Bertz CT molecular complexity index is 562. The first-order chi connectivity index (χ1) is 9.91. The zero-order valence-corrected chi connectivity index (χ0v) is 12.7. The second-order valence-corrected chi connectivity index (χ2v) is 6.11. The maximum atomic E-state index is 11.3. The molecule has 2 saturated heterocycles. The van der Waals surface area contributed by atoms with Crippen molar-refractivity contribution in [2.75, 3.05) is 5.88 Å². The van der Waals surface area contributed by atoms with Gasteiger partial charge in [0.1, 0.15) is 24.4 Å². The topological polar surface area (TPSA) is 70.8 Å². The summed E-state index contributed by atoms with van der Waals surface area (Å²) in [6.45, 7) is 3.74. The third-order valence-electron chi connectivity index (χ3n) is 3.80. The number of ether oxygens (including phenoxy) is 3. The summed E-state index contributed by atoms with van der Waals surface area (Å²) < 4.78 is 17.8. The van der Waals surface area contributed by atoms with E-state index in [4.69, 9.17) is 31.5 Å². The van der Waals surface area contributed by atoms with Crippen molar-refractivity contribution in [3.8, 4) is 0 Å². The molecule has 0 bridgehead atoms. The van der Waals surface area contributed by atoms with E-state index in [0.717, 1.165) is 5.56 Å². The zero-order valence-electron chi connectivity index (χ0n) is 11.9. The predicted octanol–water partition coefficient (Wildman–Crippen LogP) is 1.98. The van der Waals surface area contributed by atoms with E-state index in [9.17, 15) is 4.79 Å². The number of primary amides is 1. The summed E-state index contributed by atoms with van der Waals surface area (Å²) in [7, 11) is 0. The third-order valence-corrected chi connectivity index (χ3v) is 4.11. The monoisotopic (exact) mass is 311 g/mol. The Morgan fingerprint density at radius 2 is 2.05 bits per heavy atom. The van der Waals surface area contributed by atoms with Crippen LogP contribution in [0.5, 0.6) is 0 Å². The number of benzene rings is 1. The molecule has 3 rings (SSSR count). The molecule has 0 unspecified atom stereocenters. The Labute approximate surface area is 128 Å². The first kappa shape index (κ1) is 14.8. The number of hydrogen-bond donors (Lipinski definition) is 1. The van der Waals surface area contributed by atoms with E-state index >= 15 is 0 Å². The van der Waals surface area contributed by atoms with E-state index < -0.39 is 11.7 Å². The van der Waals surface area contributed by atoms with E-state index in [1.165, 1.54) is 0 Å². The van der Waals surface area contributed by atoms with Gasteiger partial charge in [-0.3, -0.25) is 4.79 Å². The fraction of sp³-hybridized carbons (Fsp3) is 0.533. The van der Waals surface area contributed by atoms with Crippen LogP contribution in [0.1, 0.15) is 35.9 Å². The minimum Gasteiger partial charge on any atom is -0.366 e. The highest BCUT2D eigenvalue weighted by molar-refractivity contribution is 6.18. The SMILES string of the molecule is CC1(C)O[C@@H]2[C@H](O1)[C@@H](CCl)O[C@H]2c1cccc(C(N)=O)c1. The lowest BCUT2D eigenvalue weighted by atomic mass is 10.00. The smallest absolute Gasteiger partial charge is 0.248 e. The van der Waals surface area contributed by atoms with E-state index in [2.05, 4.69) is 0 Å². The van der Waals surface area contributed by atoms with Crippen molar-refractivity contribution in [3.63, 3.8) is 0 Å². The second-order valence-electron chi connectivity index (χ2n) is 5.80. The molecule has 1 aromatic rings. The van der Waals surface area contributed by atoms with Gasteiger partial charge in [0.25, 0.3) is 0 Å². The molecule has 2 fully saturated rings. The van der Waals surface area contributed by atoms with Gasteiger partial charge in [-0.2, -0.15) is 0 Å². The molecule has 0 saturated carbocycles. The van der Waals surface area contributed by atoms with Crippen LogP contribution in [-0.2, 0) is 14.2 Å². The van der Waals surface area contributed by atoms with Crippen LogP contribution in [0, 0.1) is 0 Å². The Morgan fingerprint density at radius 3 is 2.71 bits per heavy atom. The highest BCUT2D eigenvalue weighted by Gasteiger charge is 2.55. The number of rotatable bonds is 3. The number of halogens is 1. The molecule has 2 N–H and O–H groups in total. The fourth-order valence-corrected chi connectivity index (χ4v) is 3.19. The maximum absolute atomic E-state index is 11.3. The minimum absolute atomic E-state index is 0.209. The van der Waals surface area contributed by atoms with E-state index in [1.54, 1.807) is 18.2 Å². The standard InChI is InChI=1S/C15H18ClNO4/c1-15(2)20-12-10(7-16)19-11(13(12)21-15)8-4-3-5-9(6-8)14(17)18/h3-6,10-13H,7H2,1-2H3,(H2,17,18)/t10-,11+,12-,13+/m1/s1. The molecule has 0 aromatic heterocycles. The molecule has 21 heavy (non-hydrogen) atoms. The van der Waals surface area contributed by atoms with Crippen molar-refractivity contribution < 1.29 is 19.0 Å². The number of amides is 1. The normalized spacial score (nSPS) is 33.9. The van der Waals surface area contributed by atoms with Crippen molar-refractivity contribution in [1.82, 2.24) is 0 Å². The van der Waals surface area contributed by atoms with Gasteiger partial charge >= 0.3 is 0 Å². The van der Waals surface area contributed by atoms with Crippen LogP contribution in [0.3, 0.4) is 0 Å². The lowest BCUT2D eigenvalue weighted by Crippen LogP contribution is -2.30. The molecule has 2 aliphatic rings. The lowest BCUT2D eigenvalue weighted by molar-refractivity contribution is -0.185. The Hall–Kier alpha value is -1.14. The summed E-state index contributed by atoms with van der Waals surface area (Å²) in [5.74, 6) is -0.806. The predicted molar refractivity (Wildman–Crippen MR) is 77.1 cm³/mol. The van der Waals surface area contributed by atoms with Crippen LogP contribution in [0.4, 0.5) is 0 Å². The molecule has 114 valence electrons. The molecule has 2 heterocycles. The fourth-order valence-electron chi connectivity index (χ4n) is 2.94. The van der Waals surface area contributed by atoms with Crippen LogP contribution in [0.2, 0.25) is 0 Å². The van der Waals surface area contributed by atoms with Gasteiger partial charge in [0.15, 0.2) is 5.79 Å². The summed E-state index contributed by atoms with van der Waals surface area (Å²) in [5, 5.41) is 0. The van der Waals surface area contributed by atoms with Gasteiger partial charge in [0.2, 0.25) is 5.91 Å². The van der Waals surface area contributed by atoms with Gasteiger partial charge < -0.3 is 19.9 Å². The van der Waals surface area contributed by atoms with Crippen LogP contribution in [-0.4, -0.2) is 35.9 Å². The van der Waals surface area contributed by atoms with Crippen LogP contribution >= 0.6 is 11.6 Å². The quantitative estimate of drug-likeness (QED) is 0.867. The molecular formula is C15H18ClNO4. The Kier molecular flexibility index (Phi) is 3.69. The summed E-state index contributed by atoms with van der Waals surface area (Å²) in [6, 6.07) is 7.07. The van der Waals surface area contributed by atoms with E-state index in [0.29, 0.717) is 11.4 Å². The van der Waals surface area contributed by atoms with Gasteiger partial charge in [-0.1, -0.05) is 12.1 Å². The Balaban J connectivity index is 1.92. The molecule has 0 aliphatic carbocycles. The highest BCUT2D eigenvalue weighted by atomic mass is 35.5. The van der Waals surface area contributed by atoms with Crippen molar-refractivity contribution >= 4 is 17.5 Å². The molecule has 4 atom stereocenters. The molecule has 2 aliphatic heterocycles. The first-order valence-corrected chi connectivity index (χ1v) is 7.41. The summed E-state index contributed by atoms with van der Waals surface area (Å²) in [4.78, 5) is 11.3. The van der Waals surface area contributed by atoms with Gasteiger partial charge in [0, 0.05) is 5.56 Å². The average Bonchev–Trinajstić information content (AvgIpc) is 2.91. The van der Waals surface area contributed by atoms with Gasteiger partial charge in [-0.15, -0.1) is 11.6 Å². The number of carbonyl (C=O) groups is 1. The Morgan fingerprint density at radius 1 is 1.33 bits per heavy atom. The van der Waals surface area contributed by atoms with Crippen molar-refractivity contribution in [3.05, 3.63) is 35.4 Å². The number of fused-ring (bicyclic) bond motifs is 1. The maximum Gasteiger partial charge on any atom is 0.248 e. The number of nitrogens with two attached hydrogens (primary N) is 1. The van der Waals surface area contributed by atoms with Gasteiger partial charge in [0.05, 0.1) is 5.88 Å². The molecule has 5 nitrogen and oxygen atoms in total. The molecule has 6 heteroatoms. The second kappa shape index (κ2) is 5.25. The summed E-state index contributed by atoms with van der Waals surface area (Å²) in [6.07, 6.45) is -1.01. The van der Waals surface area contributed by atoms with Crippen LogP contribution in [0.15, 0.2) is 24.3 Å². The van der Waals surface area contributed by atoms with Crippen molar-refractivity contribution in [2.45, 2.75) is 44.1 Å².